The average Bonchev–Trinajstić information content (AvgIpc) is 3.30. The Morgan fingerprint density at radius 2 is 2.04 bits per heavy atom. The van der Waals surface area contributed by atoms with Crippen molar-refractivity contribution >= 4 is 40.1 Å². The summed E-state index contributed by atoms with van der Waals surface area (Å²) in [6, 6.07) is 11.0. The summed E-state index contributed by atoms with van der Waals surface area (Å²) in [7, 11) is 0. The van der Waals surface area contributed by atoms with E-state index >= 15 is 0 Å². The summed E-state index contributed by atoms with van der Waals surface area (Å²) in [5.74, 6) is 0.433. The number of carbonyl (C=O) groups is 1. The Morgan fingerprint density at radius 1 is 1.29 bits per heavy atom. The van der Waals surface area contributed by atoms with Crippen LogP contribution in [0.3, 0.4) is 0 Å². The normalized spacial score (nSPS) is 12.8. The van der Waals surface area contributed by atoms with Gasteiger partial charge in [0.15, 0.2) is 5.65 Å². The van der Waals surface area contributed by atoms with E-state index in [-0.39, 0.29) is 23.3 Å². The van der Waals surface area contributed by atoms with Crippen molar-refractivity contribution < 1.29 is 9.21 Å². The van der Waals surface area contributed by atoms with Gasteiger partial charge in [0.2, 0.25) is 0 Å². The molecule has 1 aromatic carbocycles. The van der Waals surface area contributed by atoms with Gasteiger partial charge in [-0.15, -0.1) is 0 Å². The van der Waals surface area contributed by atoms with Crippen molar-refractivity contribution in [2.24, 2.45) is 5.10 Å². The molecule has 3 heterocycles. The molecule has 4 rings (SSSR count). The van der Waals surface area contributed by atoms with Crippen LogP contribution in [0, 0.1) is 0 Å². The number of hydrogen-bond acceptors (Lipinski definition) is 6. The summed E-state index contributed by atoms with van der Waals surface area (Å²) in [6.07, 6.45) is 3.87. The van der Waals surface area contributed by atoms with Crippen LogP contribution in [0.4, 0.5) is 5.82 Å². The number of anilines is 1. The van der Waals surface area contributed by atoms with E-state index in [0.717, 1.165) is 6.42 Å². The first-order valence-electron chi connectivity index (χ1n) is 9.04. The molecule has 28 heavy (non-hydrogen) atoms. The van der Waals surface area contributed by atoms with Gasteiger partial charge in [-0.3, -0.25) is 4.79 Å². The van der Waals surface area contributed by atoms with Crippen molar-refractivity contribution in [2.45, 2.75) is 26.3 Å². The summed E-state index contributed by atoms with van der Waals surface area (Å²) < 4.78 is 6.70. The molecule has 1 atom stereocenters. The fourth-order valence-electron chi connectivity index (χ4n) is 2.87. The summed E-state index contributed by atoms with van der Waals surface area (Å²) in [5, 5.41) is 7.32. The second kappa shape index (κ2) is 7.15. The van der Waals surface area contributed by atoms with Crippen LogP contribution in [-0.2, 0) is 0 Å². The van der Waals surface area contributed by atoms with Crippen LogP contribution in [0.2, 0.25) is 0 Å². The van der Waals surface area contributed by atoms with Crippen LogP contribution >= 0.6 is 0 Å². The number of nitrogen functional groups attached to an aromatic ring is 1. The first-order chi connectivity index (χ1) is 13.6. The number of nitrogens with zero attached hydrogens (tertiary/aromatic N) is 4. The van der Waals surface area contributed by atoms with Gasteiger partial charge >= 0.3 is 0 Å². The number of nitrogens with two attached hydrogens (primary N) is 1. The Hall–Kier alpha value is -3.68. The highest BCUT2D eigenvalue weighted by Gasteiger charge is 2.24. The number of para-hydroxylation sites is 2. The van der Waals surface area contributed by atoms with Crippen LogP contribution in [0.5, 0.6) is 0 Å². The number of nitrogens with one attached hydrogen (secondary N) is 1. The minimum absolute atomic E-state index is 0.00494. The third-order valence-electron chi connectivity index (χ3n) is 4.53. The SMILES string of the molecule is CCC(C)NC(=O)c1c(N)n(/N=C/c2ccco2)c2nc3ccccc3nc12. The number of benzene rings is 1. The summed E-state index contributed by atoms with van der Waals surface area (Å²) in [4.78, 5) is 22.2. The van der Waals surface area contributed by atoms with Crippen molar-refractivity contribution in [3.63, 3.8) is 0 Å². The Morgan fingerprint density at radius 3 is 2.71 bits per heavy atom. The predicted octanol–water partition coefficient (Wildman–Crippen LogP) is 3.17. The molecule has 3 N–H and O–H groups in total. The molecule has 0 saturated carbocycles. The van der Waals surface area contributed by atoms with Crippen LogP contribution in [0.15, 0.2) is 52.2 Å². The highest BCUT2D eigenvalue weighted by molar-refractivity contribution is 6.10. The number of hydrogen-bond donors (Lipinski definition) is 2. The van der Waals surface area contributed by atoms with E-state index in [0.29, 0.717) is 28.0 Å². The summed E-state index contributed by atoms with van der Waals surface area (Å²) >= 11 is 0. The van der Waals surface area contributed by atoms with Crippen molar-refractivity contribution in [1.82, 2.24) is 20.0 Å². The zero-order valence-electron chi connectivity index (χ0n) is 15.6. The van der Waals surface area contributed by atoms with Gasteiger partial charge < -0.3 is 15.5 Å². The number of furan rings is 1. The lowest BCUT2D eigenvalue weighted by atomic mass is 10.2. The predicted molar refractivity (Wildman–Crippen MR) is 108 cm³/mol. The minimum atomic E-state index is -0.298. The molecule has 0 fully saturated rings. The summed E-state index contributed by atoms with van der Waals surface area (Å²) in [5.41, 5.74) is 8.77. The van der Waals surface area contributed by atoms with E-state index < -0.39 is 0 Å². The van der Waals surface area contributed by atoms with Crippen LogP contribution < -0.4 is 11.1 Å². The zero-order valence-corrected chi connectivity index (χ0v) is 15.6. The number of fused-ring (bicyclic) bond motifs is 2. The maximum atomic E-state index is 12.9. The maximum Gasteiger partial charge on any atom is 0.257 e. The van der Waals surface area contributed by atoms with Gasteiger partial charge in [0.1, 0.15) is 22.7 Å². The van der Waals surface area contributed by atoms with Crippen molar-refractivity contribution in [3.05, 3.63) is 54.0 Å². The molecular weight excluding hydrogens is 356 g/mol. The standard InChI is InChI=1S/C20H20N6O2/c1-3-12(2)23-20(27)16-17-19(25-15-9-5-4-8-14(15)24-17)26(18(16)21)22-11-13-7-6-10-28-13/h4-12H,3,21H2,1-2H3,(H,23,27)/b22-11+. The van der Waals surface area contributed by atoms with Gasteiger partial charge in [-0.1, -0.05) is 19.1 Å². The lowest BCUT2D eigenvalue weighted by molar-refractivity contribution is 0.0941. The molecule has 0 aliphatic heterocycles. The minimum Gasteiger partial charge on any atom is -0.463 e. The maximum absolute atomic E-state index is 12.9. The highest BCUT2D eigenvalue weighted by Crippen LogP contribution is 2.28. The van der Waals surface area contributed by atoms with Crippen LogP contribution in [-0.4, -0.2) is 32.8 Å². The van der Waals surface area contributed by atoms with E-state index in [1.807, 2.05) is 38.1 Å². The Balaban J connectivity index is 1.93. The molecule has 1 amide bonds. The van der Waals surface area contributed by atoms with Gasteiger partial charge in [0.25, 0.3) is 5.91 Å². The monoisotopic (exact) mass is 376 g/mol. The van der Waals surface area contributed by atoms with E-state index in [1.54, 1.807) is 18.4 Å². The number of amides is 1. The molecule has 8 nitrogen and oxygen atoms in total. The lowest BCUT2D eigenvalue weighted by Crippen LogP contribution is -2.32. The lowest BCUT2D eigenvalue weighted by Gasteiger charge is -2.11. The summed E-state index contributed by atoms with van der Waals surface area (Å²) in [6.45, 7) is 3.93. The second-order valence-corrected chi connectivity index (χ2v) is 6.50. The van der Waals surface area contributed by atoms with E-state index in [9.17, 15) is 4.79 Å². The van der Waals surface area contributed by atoms with Crippen LogP contribution in [0.25, 0.3) is 22.2 Å². The number of rotatable bonds is 5. The molecule has 0 radical (unpaired) electrons. The third-order valence-corrected chi connectivity index (χ3v) is 4.53. The first kappa shape index (κ1) is 17.7. The van der Waals surface area contributed by atoms with Crippen molar-refractivity contribution in [3.8, 4) is 0 Å². The quantitative estimate of drug-likeness (QED) is 0.520. The van der Waals surface area contributed by atoms with Crippen molar-refractivity contribution in [1.29, 1.82) is 0 Å². The highest BCUT2D eigenvalue weighted by atomic mass is 16.3. The Kier molecular flexibility index (Phi) is 4.52. The smallest absolute Gasteiger partial charge is 0.257 e. The molecule has 4 aromatic rings. The van der Waals surface area contributed by atoms with Gasteiger partial charge in [-0.05, 0) is 37.6 Å². The first-order valence-corrected chi connectivity index (χ1v) is 9.04. The fourth-order valence-corrected chi connectivity index (χ4v) is 2.87. The number of aromatic nitrogens is 3. The van der Waals surface area contributed by atoms with Gasteiger partial charge in [-0.25, -0.2) is 9.97 Å². The van der Waals surface area contributed by atoms with Gasteiger partial charge in [-0.2, -0.15) is 9.78 Å². The molecule has 1 unspecified atom stereocenters. The topological polar surface area (TPSA) is 111 Å². The van der Waals surface area contributed by atoms with Gasteiger partial charge in [0.05, 0.1) is 23.5 Å². The second-order valence-electron chi connectivity index (χ2n) is 6.50. The molecule has 8 heteroatoms. The van der Waals surface area contributed by atoms with E-state index in [1.165, 1.54) is 10.9 Å². The van der Waals surface area contributed by atoms with Crippen molar-refractivity contribution in [2.75, 3.05) is 5.73 Å². The molecule has 142 valence electrons. The zero-order chi connectivity index (χ0) is 19.7. The fraction of sp³-hybridized carbons (Fsp3) is 0.200. The molecule has 3 aromatic heterocycles. The molecule has 0 bridgehead atoms. The van der Waals surface area contributed by atoms with Gasteiger partial charge in [0, 0.05) is 6.04 Å². The molecular formula is C20H20N6O2. The Bertz CT molecular complexity index is 1180. The average molecular weight is 376 g/mol. The van der Waals surface area contributed by atoms with E-state index in [4.69, 9.17) is 10.2 Å². The largest absolute Gasteiger partial charge is 0.463 e. The third kappa shape index (κ3) is 3.09. The molecule has 0 saturated heterocycles. The van der Waals surface area contributed by atoms with E-state index in [2.05, 4.69) is 20.4 Å². The molecule has 0 spiro atoms. The van der Waals surface area contributed by atoms with Crippen LogP contribution in [0.1, 0.15) is 36.4 Å². The molecule has 0 aliphatic carbocycles. The molecule has 0 aliphatic rings. The Labute approximate surface area is 161 Å². The number of carbonyl (C=O) groups excluding carboxylic acids is 1.